The van der Waals surface area contributed by atoms with Gasteiger partial charge in [0.1, 0.15) is 11.7 Å². The van der Waals surface area contributed by atoms with Gasteiger partial charge in [-0.15, -0.1) is 0 Å². The van der Waals surface area contributed by atoms with E-state index in [0.29, 0.717) is 12.0 Å². The van der Waals surface area contributed by atoms with Crippen LogP contribution in [0.15, 0.2) is 12.3 Å². The Morgan fingerprint density at radius 2 is 2.22 bits per heavy atom. The molecule has 2 rings (SSSR count). The van der Waals surface area contributed by atoms with Gasteiger partial charge in [0.05, 0.1) is 5.56 Å². The van der Waals surface area contributed by atoms with Crippen LogP contribution < -0.4 is 10.6 Å². The van der Waals surface area contributed by atoms with Gasteiger partial charge >= 0.3 is 0 Å². The van der Waals surface area contributed by atoms with E-state index in [9.17, 15) is 0 Å². The summed E-state index contributed by atoms with van der Waals surface area (Å²) in [5.74, 6) is 1.64. The predicted octanol–water partition coefficient (Wildman–Crippen LogP) is 2.30. The van der Waals surface area contributed by atoms with Crippen molar-refractivity contribution in [3.05, 3.63) is 23.4 Å². The molecule has 0 spiro atoms. The van der Waals surface area contributed by atoms with Crippen molar-refractivity contribution in [3.63, 3.8) is 0 Å². The van der Waals surface area contributed by atoms with Crippen LogP contribution in [0.2, 0.25) is 0 Å². The lowest BCUT2D eigenvalue weighted by Crippen LogP contribution is -2.44. The second-order valence-electron chi connectivity index (χ2n) is 5.29. The molecule has 0 aliphatic carbocycles. The number of amidine groups is 1. The minimum absolute atomic E-state index is 0.112. The van der Waals surface area contributed by atoms with E-state index in [1.54, 1.807) is 0 Å². The zero-order chi connectivity index (χ0) is 13.3. The number of nitrogens with two attached hydrogens (primary N) is 1. The van der Waals surface area contributed by atoms with Crippen LogP contribution in [-0.2, 0) is 0 Å². The van der Waals surface area contributed by atoms with Gasteiger partial charge in [-0.1, -0.05) is 6.92 Å². The van der Waals surface area contributed by atoms with Crippen LogP contribution in [0.25, 0.3) is 0 Å². The quantitative estimate of drug-likeness (QED) is 0.621. The van der Waals surface area contributed by atoms with Crippen molar-refractivity contribution in [2.75, 3.05) is 11.4 Å². The SMILES string of the molecule is Cc1ccnc(N2CCCC(C)C2C)c1C(=N)N. The molecule has 0 bridgehead atoms. The molecule has 0 radical (unpaired) electrons. The molecule has 2 atom stereocenters. The summed E-state index contributed by atoms with van der Waals surface area (Å²) in [6.45, 7) is 7.50. The van der Waals surface area contributed by atoms with Crippen molar-refractivity contribution < 1.29 is 0 Å². The monoisotopic (exact) mass is 246 g/mol. The highest BCUT2D eigenvalue weighted by Gasteiger charge is 2.28. The first-order valence-electron chi connectivity index (χ1n) is 6.59. The van der Waals surface area contributed by atoms with E-state index in [2.05, 4.69) is 23.7 Å². The van der Waals surface area contributed by atoms with Gasteiger partial charge in [0, 0.05) is 18.8 Å². The highest BCUT2D eigenvalue weighted by Crippen LogP contribution is 2.30. The minimum atomic E-state index is 0.112. The highest BCUT2D eigenvalue weighted by molar-refractivity contribution is 6.01. The average Bonchev–Trinajstić information content (AvgIpc) is 2.32. The van der Waals surface area contributed by atoms with Crippen LogP contribution >= 0.6 is 0 Å². The number of anilines is 1. The van der Waals surface area contributed by atoms with E-state index >= 15 is 0 Å². The number of rotatable bonds is 2. The molecular weight excluding hydrogens is 224 g/mol. The molecule has 2 heterocycles. The zero-order valence-electron chi connectivity index (χ0n) is 11.4. The number of piperidine rings is 1. The molecule has 1 aromatic heterocycles. The summed E-state index contributed by atoms with van der Waals surface area (Å²) in [5.41, 5.74) is 7.53. The first kappa shape index (κ1) is 12.9. The lowest BCUT2D eigenvalue weighted by atomic mass is 9.91. The van der Waals surface area contributed by atoms with E-state index in [4.69, 9.17) is 11.1 Å². The Morgan fingerprint density at radius 3 is 2.89 bits per heavy atom. The van der Waals surface area contributed by atoms with Crippen molar-refractivity contribution in [1.82, 2.24) is 4.98 Å². The summed E-state index contributed by atoms with van der Waals surface area (Å²) in [5, 5.41) is 7.76. The fourth-order valence-corrected chi connectivity index (χ4v) is 2.73. The second kappa shape index (κ2) is 4.96. The summed E-state index contributed by atoms with van der Waals surface area (Å²) >= 11 is 0. The molecule has 0 saturated carbocycles. The molecule has 4 heteroatoms. The first-order chi connectivity index (χ1) is 8.52. The third-order valence-corrected chi connectivity index (χ3v) is 4.05. The predicted molar refractivity (Wildman–Crippen MR) is 75.2 cm³/mol. The van der Waals surface area contributed by atoms with Crippen LogP contribution in [0.1, 0.15) is 37.8 Å². The molecule has 2 unspecified atom stereocenters. The summed E-state index contributed by atoms with van der Waals surface area (Å²) in [6, 6.07) is 2.37. The van der Waals surface area contributed by atoms with Crippen LogP contribution in [0.4, 0.5) is 5.82 Å². The van der Waals surface area contributed by atoms with Crippen LogP contribution in [0.3, 0.4) is 0 Å². The van der Waals surface area contributed by atoms with Gasteiger partial charge in [-0.25, -0.2) is 4.98 Å². The number of aryl methyl sites for hydroxylation is 1. The molecular formula is C14H22N4. The fraction of sp³-hybridized carbons (Fsp3) is 0.571. The lowest BCUT2D eigenvalue weighted by molar-refractivity contribution is 0.361. The maximum Gasteiger partial charge on any atom is 0.140 e. The second-order valence-corrected chi connectivity index (χ2v) is 5.29. The highest BCUT2D eigenvalue weighted by atomic mass is 15.2. The van der Waals surface area contributed by atoms with Crippen LogP contribution in [0, 0.1) is 18.3 Å². The smallest absolute Gasteiger partial charge is 0.140 e. The van der Waals surface area contributed by atoms with Gasteiger partial charge in [0.2, 0.25) is 0 Å². The van der Waals surface area contributed by atoms with Gasteiger partial charge in [-0.05, 0) is 44.2 Å². The third-order valence-electron chi connectivity index (χ3n) is 4.05. The third kappa shape index (κ3) is 2.19. The Balaban J connectivity index is 2.44. The topological polar surface area (TPSA) is 66.0 Å². The molecule has 1 aliphatic heterocycles. The standard InChI is InChI=1S/C14H22N4/c1-9-5-4-8-18(11(9)3)14-12(13(15)16)10(2)6-7-17-14/h6-7,9,11H,4-5,8H2,1-3H3,(H3,15,16). The summed E-state index contributed by atoms with van der Waals surface area (Å²) in [6.07, 6.45) is 4.25. The fourth-order valence-electron chi connectivity index (χ4n) is 2.73. The molecule has 0 amide bonds. The van der Waals surface area contributed by atoms with Gasteiger partial charge in [-0.2, -0.15) is 0 Å². The largest absolute Gasteiger partial charge is 0.384 e. The Labute approximate surface area is 109 Å². The number of pyridine rings is 1. The summed E-state index contributed by atoms with van der Waals surface area (Å²) in [7, 11) is 0. The van der Waals surface area contributed by atoms with E-state index in [0.717, 1.165) is 23.5 Å². The Bertz CT molecular complexity index is 455. The number of hydrogen-bond donors (Lipinski definition) is 2. The van der Waals surface area contributed by atoms with Crippen LogP contribution in [0.5, 0.6) is 0 Å². The van der Waals surface area contributed by atoms with E-state index in [1.165, 1.54) is 12.8 Å². The Morgan fingerprint density at radius 1 is 1.50 bits per heavy atom. The first-order valence-corrected chi connectivity index (χ1v) is 6.59. The average molecular weight is 246 g/mol. The minimum Gasteiger partial charge on any atom is -0.384 e. The van der Waals surface area contributed by atoms with Crippen LogP contribution in [-0.4, -0.2) is 23.4 Å². The molecule has 1 fully saturated rings. The van der Waals surface area contributed by atoms with Crippen molar-refractivity contribution >= 4 is 11.7 Å². The number of nitrogens with zero attached hydrogens (tertiary/aromatic N) is 2. The Kier molecular flexibility index (Phi) is 3.55. The van der Waals surface area contributed by atoms with E-state index in [1.807, 2.05) is 19.2 Å². The number of hydrogen-bond acceptors (Lipinski definition) is 3. The van der Waals surface area contributed by atoms with Crippen molar-refractivity contribution in [2.45, 2.75) is 39.7 Å². The number of aromatic nitrogens is 1. The molecule has 98 valence electrons. The zero-order valence-corrected chi connectivity index (χ0v) is 11.4. The summed E-state index contributed by atoms with van der Waals surface area (Å²) in [4.78, 5) is 6.78. The van der Waals surface area contributed by atoms with Gasteiger partial charge in [0.25, 0.3) is 0 Å². The molecule has 1 aromatic rings. The molecule has 1 saturated heterocycles. The molecule has 4 nitrogen and oxygen atoms in total. The van der Waals surface area contributed by atoms with E-state index < -0.39 is 0 Å². The van der Waals surface area contributed by atoms with Crippen molar-refractivity contribution in [1.29, 1.82) is 5.41 Å². The maximum absolute atomic E-state index is 7.76. The van der Waals surface area contributed by atoms with Gasteiger partial charge in [0.15, 0.2) is 0 Å². The Hall–Kier alpha value is -1.58. The lowest BCUT2D eigenvalue weighted by Gasteiger charge is -2.39. The normalized spacial score (nSPS) is 24.1. The number of nitrogen functional groups attached to an aromatic ring is 1. The molecule has 1 aliphatic rings. The maximum atomic E-state index is 7.76. The van der Waals surface area contributed by atoms with Crippen molar-refractivity contribution in [3.8, 4) is 0 Å². The molecule has 18 heavy (non-hydrogen) atoms. The number of nitrogens with one attached hydrogen (secondary N) is 1. The van der Waals surface area contributed by atoms with Gasteiger partial charge in [-0.3, -0.25) is 5.41 Å². The van der Waals surface area contributed by atoms with Gasteiger partial charge < -0.3 is 10.6 Å². The molecule has 0 aromatic carbocycles. The van der Waals surface area contributed by atoms with E-state index in [-0.39, 0.29) is 5.84 Å². The molecule has 3 N–H and O–H groups in total. The van der Waals surface area contributed by atoms with Crippen molar-refractivity contribution in [2.24, 2.45) is 11.7 Å². The summed E-state index contributed by atoms with van der Waals surface area (Å²) < 4.78 is 0.